The van der Waals surface area contributed by atoms with Gasteiger partial charge in [-0.15, -0.1) is 0 Å². The fourth-order valence-corrected chi connectivity index (χ4v) is 3.00. The molecule has 1 aliphatic rings. The van der Waals surface area contributed by atoms with E-state index >= 15 is 0 Å². The third-order valence-electron chi connectivity index (χ3n) is 3.92. The van der Waals surface area contributed by atoms with E-state index in [1.54, 1.807) is 0 Å². The van der Waals surface area contributed by atoms with Crippen molar-refractivity contribution in [1.82, 2.24) is 0 Å². The van der Waals surface area contributed by atoms with E-state index < -0.39 is 5.60 Å². The van der Waals surface area contributed by atoms with Gasteiger partial charge in [0.05, 0.1) is 12.5 Å². The minimum absolute atomic E-state index is 0.0844. The number of rotatable bonds is 1. The van der Waals surface area contributed by atoms with Crippen molar-refractivity contribution in [3.63, 3.8) is 0 Å². The lowest BCUT2D eigenvalue weighted by Crippen LogP contribution is -2.28. The van der Waals surface area contributed by atoms with Crippen molar-refractivity contribution >= 4 is 0 Å². The van der Waals surface area contributed by atoms with Crippen LogP contribution in [-0.4, -0.2) is 5.11 Å². The van der Waals surface area contributed by atoms with Crippen molar-refractivity contribution < 1.29 is 5.11 Å². The summed E-state index contributed by atoms with van der Waals surface area (Å²) in [6.45, 7) is 0. The van der Waals surface area contributed by atoms with Crippen LogP contribution in [0.2, 0.25) is 0 Å². The van der Waals surface area contributed by atoms with E-state index in [1.165, 1.54) is 0 Å². The summed E-state index contributed by atoms with van der Waals surface area (Å²) in [6, 6.07) is 17.9. The molecule has 0 bridgehead atoms. The first-order chi connectivity index (χ1) is 9.25. The van der Waals surface area contributed by atoms with Gasteiger partial charge in [-0.3, -0.25) is 0 Å². The van der Waals surface area contributed by atoms with Gasteiger partial charge in [0, 0.05) is 0 Å². The van der Waals surface area contributed by atoms with Crippen LogP contribution in [0.5, 0.6) is 0 Å². The molecule has 0 aliphatic heterocycles. The predicted octanol–water partition coefficient (Wildman–Crippen LogP) is 2.93. The second-order valence-corrected chi connectivity index (χ2v) is 5.01. The maximum absolute atomic E-state index is 11.1. The Morgan fingerprint density at radius 3 is 1.89 bits per heavy atom. The molecule has 19 heavy (non-hydrogen) atoms. The SMILES string of the molecule is N#CCC1(O)c2ccccc2CCc2ccccc21. The summed E-state index contributed by atoms with van der Waals surface area (Å²) >= 11 is 0. The summed E-state index contributed by atoms with van der Waals surface area (Å²) in [5, 5.41) is 20.2. The Morgan fingerprint density at radius 2 is 1.42 bits per heavy atom. The summed E-state index contributed by atoms with van der Waals surface area (Å²) in [4.78, 5) is 0. The minimum atomic E-state index is -1.18. The summed E-state index contributed by atoms with van der Waals surface area (Å²) in [5.41, 5.74) is 2.84. The van der Waals surface area contributed by atoms with Crippen molar-refractivity contribution in [2.75, 3.05) is 0 Å². The van der Waals surface area contributed by atoms with Crippen LogP contribution in [0.3, 0.4) is 0 Å². The van der Waals surface area contributed by atoms with Crippen molar-refractivity contribution in [1.29, 1.82) is 5.26 Å². The fourth-order valence-electron chi connectivity index (χ4n) is 3.00. The zero-order valence-corrected chi connectivity index (χ0v) is 10.6. The minimum Gasteiger partial charge on any atom is -0.379 e. The van der Waals surface area contributed by atoms with Gasteiger partial charge in [-0.05, 0) is 35.1 Å². The second-order valence-electron chi connectivity index (χ2n) is 5.01. The molecule has 94 valence electrons. The van der Waals surface area contributed by atoms with E-state index in [2.05, 4.69) is 6.07 Å². The van der Waals surface area contributed by atoms with Crippen LogP contribution in [0.25, 0.3) is 0 Å². The van der Waals surface area contributed by atoms with Gasteiger partial charge in [-0.2, -0.15) is 5.26 Å². The van der Waals surface area contributed by atoms with E-state index in [1.807, 2.05) is 48.5 Å². The quantitative estimate of drug-likeness (QED) is 0.844. The third kappa shape index (κ3) is 1.83. The summed E-state index contributed by atoms with van der Waals surface area (Å²) in [7, 11) is 0. The molecule has 2 aromatic carbocycles. The highest BCUT2D eigenvalue weighted by atomic mass is 16.3. The number of hydrogen-bond donors (Lipinski definition) is 1. The highest BCUT2D eigenvalue weighted by molar-refractivity contribution is 5.48. The average molecular weight is 249 g/mol. The third-order valence-corrected chi connectivity index (χ3v) is 3.92. The maximum atomic E-state index is 11.1. The molecular weight excluding hydrogens is 234 g/mol. The molecule has 0 fully saturated rings. The van der Waals surface area contributed by atoms with E-state index in [0.717, 1.165) is 35.1 Å². The molecule has 0 spiro atoms. The topological polar surface area (TPSA) is 44.0 Å². The number of nitrogens with zero attached hydrogens (tertiary/aromatic N) is 1. The maximum Gasteiger partial charge on any atom is 0.128 e. The molecule has 0 heterocycles. The van der Waals surface area contributed by atoms with Crippen LogP contribution in [0, 0.1) is 11.3 Å². The molecule has 0 saturated carbocycles. The lowest BCUT2D eigenvalue weighted by Gasteiger charge is -2.28. The monoisotopic (exact) mass is 249 g/mol. The molecule has 1 N–H and O–H groups in total. The van der Waals surface area contributed by atoms with Gasteiger partial charge in [0.25, 0.3) is 0 Å². The Morgan fingerprint density at radius 1 is 0.947 bits per heavy atom. The van der Waals surface area contributed by atoms with Crippen LogP contribution >= 0.6 is 0 Å². The second kappa shape index (κ2) is 4.53. The molecular formula is C17H15NO. The molecule has 3 rings (SSSR count). The molecule has 0 unspecified atom stereocenters. The highest BCUT2D eigenvalue weighted by Crippen LogP contribution is 2.39. The Hall–Kier alpha value is -2.11. The van der Waals surface area contributed by atoms with Crippen molar-refractivity contribution in [3.8, 4) is 6.07 Å². The van der Waals surface area contributed by atoms with Gasteiger partial charge in [0.2, 0.25) is 0 Å². The van der Waals surface area contributed by atoms with Gasteiger partial charge in [0.15, 0.2) is 0 Å². The highest BCUT2D eigenvalue weighted by Gasteiger charge is 2.36. The first kappa shape index (κ1) is 12.0. The Bertz CT molecular complexity index is 607. The first-order valence-electron chi connectivity index (χ1n) is 6.52. The van der Waals surface area contributed by atoms with Crippen LogP contribution in [-0.2, 0) is 18.4 Å². The molecule has 2 aromatic rings. The summed E-state index contributed by atoms with van der Waals surface area (Å²) in [6.07, 6.45) is 1.89. The standard InChI is InChI=1S/C17H15NO/c18-12-11-17(19)15-7-3-1-5-13(15)9-10-14-6-2-4-8-16(14)17/h1-8,19H,9-11H2. The number of aryl methyl sites for hydroxylation is 2. The fraction of sp³-hybridized carbons (Fsp3) is 0.235. The molecule has 2 heteroatoms. The van der Waals surface area contributed by atoms with E-state index in [4.69, 9.17) is 5.26 Å². The predicted molar refractivity (Wildman–Crippen MR) is 73.5 cm³/mol. The average Bonchev–Trinajstić information content (AvgIpc) is 2.57. The van der Waals surface area contributed by atoms with Crippen LogP contribution < -0.4 is 0 Å². The van der Waals surface area contributed by atoms with Gasteiger partial charge in [-0.25, -0.2) is 0 Å². The summed E-state index contributed by atoms with van der Waals surface area (Å²) in [5.74, 6) is 0. The van der Waals surface area contributed by atoms with E-state index in [9.17, 15) is 5.11 Å². The van der Waals surface area contributed by atoms with Crippen LogP contribution in [0.1, 0.15) is 28.7 Å². The zero-order valence-electron chi connectivity index (χ0n) is 10.6. The molecule has 0 atom stereocenters. The number of nitriles is 1. The number of hydrogen-bond acceptors (Lipinski definition) is 2. The zero-order chi connectivity index (χ0) is 13.3. The van der Waals surface area contributed by atoms with Gasteiger partial charge >= 0.3 is 0 Å². The first-order valence-corrected chi connectivity index (χ1v) is 6.52. The van der Waals surface area contributed by atoms with Crippen molar-refractivity contribution in [2.24, 2.45) is 0 Å². The Balaban J connectivity index is 2.29. The van der Waals surface area contributed by atoms with Gasteiger partial charge in [-0.1, -0.05) is 48.5 Å². The van der Waals surface area contributed by atoms with E-state index in [0.29, 0.717) is 0 Å². The molecule has 0 amide bonds. The van der Waals surface area contributed by atoms with Crippen molar-refractivity contribution in [3.05, 3.63) is 70.8 Å². The van der Waals surface area contributed by atoms with E-state index in [-0.39, 0.29) is 6.42 Å². The van der Waals surface area contributed by atoms with Crippen LogP contribution in [0.4, 0.5) is 0 Å². The van der Waals surface area contributed by atoms with Crippen LogP contribution in [0.15, 0.2) is 48.5 Å². The number of benzene rings is 2. The molecule has 1 aliphatic carbocycles. The largest absolute Gasteiger partial charge is 0.379 e. The number of aliphatic hydroxyl groups is 1. The Labute approximate surface area is 112 Å². The summed E-state index contributed by atoms with van der Waals surface area (Å²) < 4.78 is 0. The lowest BCUT2D eigenvalue weighted by atomic mass is 9.81. The molecule has 0 radical (unpaired) electrons. The number of fused-ring (bicyclic) bond motifs is 2. The van der Waals surface area contributed by atoms with Gasteiger partial charge < -0.3 is 5.11 Å². The normalized spacial score (nSPS) is 15.8. The Kier molecular flexibility index (Phi) is 2.85. The lowest BCUT2D eigenvalue weighted by molar-refractivity contribution is 0.0853. The molecule has 0 saturated heterocycles. The smallest absolute Gasteiger partial charge is 0.128 e. The molecule has 2 nitrogen and oxygen atoms in total. The van der Waals surface area contributed by atoms with Gasteiger partial charge in [0.1, 0.15) is 5.60 Å². The van der Waals surface area contributed by atoms with Crippen molar-refractivity contribution in [2.45, 2.75) is 24.9 Å². The molecule has 0 aromatic heterocycles.